The second-order valence-corrected chi connectivity index (χ2v) is 5.77. The quantitative estimate of drug-likeness (QED) is 0.588. The molecule has 2 aromatic carbocycles. The summed E-state index contributed by atoms with van der Waals surface area (Å²) in [5.41, 5.74) is 3.54. The fourth-order valence-corrected chi connectivity index (χ4v) is 2.82. The van der Waals surface area contributed by atoms with Crippen molar-refractivity contribution in [1.29, 1.82) is 0 Å². The minimum Gasteiger partial charge on any atom is -0.453 e. The first-order valence-electron chi connectivity index (χ1n) is 8.19. The lowest BCUT2D eigenvalue weighted by atomic mass is 10.0. The summed E-state index contributed by atoms with van der Waals surface area (Å²) in [5, 5.41) is 0. The van der Waals surface area contributed by atoms with E-state index in [0.717, 1.165) is 37.2 Å². The first-order chi connectivity index (χ1) is 11.8. The third-order valence-electron chi connectivity index (χ3n) is 4.12. The van der Waals surface area contributed by atoms with Crippen molar-refractivity contribution in [2.45, 2.75) is 20.0 Å². The predicted molar refractivity (Wildman–Crippen MR) is 95.8 cm³/mol. The lowest BCUT2D eigenvalue weighted by Crippen LogP contribution is -2.22. The van der Waals surface area contributed by atoms with Gasteiger partial charge in [0.15, 0.2) is 12.0 Å². The van der Waals surface area contributed by atoms with Crippen LogP contribution in [-0.4, -0.2) is 17.7 Å². The van der Waals surface area contributed by atoms with Crippen LogP contribution < -0.4 is 0 Å². The van der Waals surface area contributed by atoms with E-state index in [2.05, 4.69) is 42.2 Å². The van der Waals surface area contributed by atoms with Gasteiger partial charge in [-0.05, 0) is 29.8 Å². The Hall–Kier alpha value is -2.65. The summed E-state index contributed by atoms with van der Waals surface area (Å²) in [6.45, 7) is 4.87. The molecule has 3 nitrogen and oxygen atoms in total. The number of benzene rings is 2. The van der Waals surface area contributed by atoms with E-state index in [0.29, 0.717) is 5.76 Å². The average Bonchev–Trinajstić information content (AvgIpc) is 3.11. The van der Waals surface area contributed by atoms with Gasteiger partial charge in [-0.15, -0.1) is 0 Å². The van der Waals surface area contributed by atoms with Crippen molar-refractivity contribution >= 4 is 6.29 Å². The predicted octanol–water partition coefficient (Wildman–Crippen LogP) is 4.78. The summed E-state index contributed by atoms with van der Waals surface area (Å²) in [6.07, 6.45) is 0.736. The van der Waals surface area contributed by atoms with Gasteiger partial charge in [-0.3, -0.25) is 9.69 Å². The van der Waals surface area contributed by atoms with Crippen molar-refractivity contribution in [3.05, 3.63) is 83.6 Å². The molecule has 0 radical (unpaired) electrons. The average molecular weight is 319 g/mol. The van der Waals surface area contributed by atoms with E-state index in [1.54, 1.807) is 6.07 Å². The molecule has 1 aromatic heterocycles. The van der Waals surface area contributed by atoms with Crippen LogP contribution in [0.15, 0.2) is 71.1 Å². The number of carbonyl (C=O) groups is 1. The smallest absolute Gasteiger partial charge is 0.185 e. The zero-order valence-corrected chi connectivity index (χ0v) is 13.8. The first kappa shape index (κ1) is 16.2. The Morgan fingerprint density at radius 2 is 1.67 bits per heavy atom. The summed E-state index contributed by atoms with van der Waals surface area (Å²) in [4.78, 5) is 13.2. The van der Waals surface area contributed by atoms with E-state index < -0.39 is 0 Å². The molecule has 0 saturated heterocycles. The molecule has 0 aliphatic heterocycles. The Labute approximate surface area is 142 Å². The molecule has 3 heteroatoms. The highest BCUT2D eigenvalue weighted by atomic mass is 16.3. The fourth-order valence-electron chi connectivity index (χ4n) is 2.82. The highest BCUT2D eigenvalue weighted by Crippen LogP contribution is 2.26. The van der Waals surface area contributed by atoms with E-state index in [1.165, 1.54) is 11.1 Å². The molecule has 122 valence electrons. The number of rotatable bonds is 7. The third kappa shape index (κ3) is 3.81. The number of furan rings is 1. The second kappa shape index (κ2) is 7.75. The third-order valence-corrected chi connectivity index (χ3v) is 4.12. The van der Waals surface area contributed by atoms with Crippen molar-refractivity contribution in [2.75, 3.05) is 6.54 Å². The second-order valence-electron chi connectivity index (χ2n) is 5.77. The van der Waals surface area contributed by atoms with Crippen molar-refractivity contribution < 1.29 is 9.21 Å². The Kier molecular flexibility index (Phi) is 5.24. The maximum atomic E-state index is 10.9. The molecule has 0 spiro atoms. The molecule has 0 unspecified atom stereocenters. The maximum Gasteiger partial charge on any atom is 0.185 e. The zero-order chi connectivity index (χ0) is 16.8. The number of hydrogen-bond donors (Lipinski definition) is 0. The van der Waals surface area contributed by atoms with Crippen LogP contribution in [0.4, 0.5) is 0 Å². The molecule has 0 N–H and O–H groups in total. The monoisotopic (exact) mass is 319 g/mol. The first-order valence-corrected chi connectivity index (χ1v) is 8.19. The minimum absolute atomic E-state index is 0.358. The largest absolute Gasteiger partial charge is 0.453 e. The summed E-state index contributed by atoms with van der Waals surface area (Å²) < 4.78 is 5.61. The van der Waals surface area contributed by atoms with Gasteiger partial charge < -0.3 is 4.42 Å². The number of nitrogens with zero attached hydrogens (tertiary/aromatic N) is 1. The summed E-state index contributed by atoms with van der Waals surface area (Å²) in [6, 6.07) is 22.2. The van der Waals surface area contributed by atoms with Gasteiger partial charge in [0.05, 0.1) is 0 Å². The van der Waals surface area contributed by atoms with Crippen LogP contribution in [0.3, 0.4) is 0 Å². The molecule has 3 rings (SSSR count). The minimum atomic E-state index is 0.358. The summed E-state index contributed by atoms with van der Waals surface area (Å²) in [5.74, 6) is 1.10. The van der Waals surface area contributed by atoms with Crippen LogP contribution in [0.2, 0.25) is 0 Å². The van der Waals surface area contributed by atoms with Crippen molar-refractivity contribution in [3.8, 4) is 11.3 Å². The van der Waals surface area contributed by atoms with Crippen LogP contribution in [0.25, 0.3) is 11.3 Å². The maximum absolute atomic E-state index is 10.9. The Balaban J connectivity index is 1.82. The topological polar surface area (TPSA) is 33.5 Å². The van der Waals surface area contributed by atoms with Crippen LogP contribution in [-0.2, 0) is 13.1 Å². The molecule has 0 aliphatic carbocycles. The summed E-state index contributed by atoms with van der Waals surface area (Å²) >= 11 is 0. The molecule has 0 aliphatic rings. The molecule has 0 fully saturated rings. The van der Waals surface area contributed by atoms with E-state index >= 15 is 0 Å². The van der Waals surface area contributed by atoms with Gasteiger partial charge in [-0.1, -0.05) is 61.5 Å². The lowest BCUT2D eigenvalue weighted by Gasteiger charge is -2.22. The molecule has 24 heavy (non-hydrogen) atoms. The fraction of sp³-hybridized carbons (Fsp3) is 0.190. The molecule has 0 atom stereocenters. The van der Waals surface area contributed by atoms with Gasteiger partial charge in [0.2, 0.25) is 0 Å². The summed E-state index contributed by atoms with van der Waals surface area (Å²) in [7, 11) is 0. The van der Waals surface area contributed by atoms with E-state index in [-0.39, 0.29) is 0 Å². The normalized spacial score (nSPS) is 10.9. The Morgan fingerprint density at radius 1 is 0.917 bits per heavy atom. The highest BCUT2D eigenvalue weighted by Gasteiger charge is 2.12. The Bertz CT molecular complexity index is 792. The van der Waals surface area contributed by atoms with Gasteiger partial charge in [-0.2, -0.15) is 0 Å². The van der Waals surface area contributed by atoms with E-state index in [1.807, 2.05) is 30.3 Å². The van der Waals surface area contributed by atoms with Gasteiger partial charge in [-0.25, -0.2) is 0 Å². The van der Waals surface area contributed by atoms with Crippen molar-refractivity contribution in [2.24, 2.45) is 0 Å². The van der Waals surface area contributed by atoms with Gasteiger partial charge in [0, 0.05) is 18.7 Å². The van der Waals surface area contributed by atoms with E-state index in [9.17, 15) is 4.79 Å². The molecule has 0 saturated carbocycles. The number of carbonyl (C=O) groups excluding carboxylic acids is 1. The standard InChI is InChI=1S/C21H21NO2/c1-2-22(14-17-8-4-3-5-9-17)15-18-10-6-7-11-20(18)21-13-12-19(16-23)24-21/h3-13,16H,2,14-15H2,1H3. The van der Waals surface area contributed by atoms with Gasteiger partial charge >= 0.3 is 0 Å². The van der Waals surface area contributed by atoms with Gasteiger partial charge in [0.1, 0.15) is 5.76 Å². The SMILES string of the molecule is CCN(Cc1ccccc1)Cc1ccccc1-c1ccc(C=O)o1. The van der Waals surface area contributed by atoms with Crippen LogP contribution >= 0.6 is 0 Å². The van der Waals surface area contributed by atoms with Gasteiger partial charge in [0.25, 0.3) is 0 Å². The number of aldehydes is 1. The molecular weight excluding hydrogens is 298 g/mol. The van der Waals surface area contributed by atoms with Crippen molar-refractivity contribution in [3.63, 3.8) is 0 Å². The number of hydrogen-bond acceptors (Lipinski definition) is 3. The molecule has 0 amide bonds. The van der Waals surface area contributed by atoms with Crippen molar-refractivity contribution in [1.82, 2.24) is 4.90 Å². The van der Waals surface area contributed by atoms with Crippen LogP contribution in [0.5, 0.6) is 0 Å². The molecule has 1 heterocycles. The van der Waals surface area contributed by atoms with Crippen LogP contribution in [0, 0.1) is 0 Å². The lowest BCUT2D eigenvalue weighted by molar-refractivity contribution is 0.110. The van der Waals surface area contributed by atoms with Crippen LogP contribution in [0.1, 0.15) is 28.6 Å². The molecule has 3 aromatic rings. The molecular formula is C21H21NO2. The van der Waals surface area contributed by atoms with E-state index in [4.69, 9.17) is 4.42 Å². The zero-order valence-electron chi connectivity index (χ0n) is 13.8. The molecule has 0 bridgehead atoms. The Morgan fingerprint density at radius 3 is 2.38 bits per heavy atom. The highest BCUT2D eigenvalue weighted by molar-refractivity contribution is 5.73.